The number of carbonyl (C=O) groups excluding carboxylic acids is 2. The van der Waals surface area contributed by atoms with Gasteiger partial charge in [0.15, 0.2) is 0 Å². The van der Waals surface area contributed by atoms with Crippen LogP contribution in [0.15, 0.2) is 48.5 Å². The number of likely N-dealkylation sites (N-methyl/N-ethyl adjacent to an activating group) is 1. The fourth-order valence-corrected chi connectivity index (χ4v) is 2.40. The first-order valence-electron chi connectivity index (χ1n) is 7.72. The van der Waals surface area contributed by atoms with Gasteiger partial charge in [-0.2, -0.15) is 0 Å². The molecule has 0 saturated carbocycles. The van der Waals surface area contributed by atoms with Crippen LogP contribution in [0.1, 0.15) is 18.1 Å². The highest BCUT2D eigenvalue weighted by atomic mass is 16.5. The Morgan fingerprint density at radius 1 is 1.08 bits per heavy atom. The first kappa shape index (κ1) is 17.5. The Bertz CT molecular complexity index is 711. The van der Waals surface area contributed by atoms with Crippen LogP contribution in [0.5, 0.6) is 5.75 Å². The first-order valence-corrected chi connectivity index (χ1v) is 7.72. The van der Waals surface area contributed by atoms with Gasteiger partial charge in [0, 0.05) is 31.8 Å². The molecule has 0 atom stereocenters. The molecule has 2 aromatic rings. The van der Waals surface area contributed by atoms with Crippen molar-refractivity contribution in [2.24, 2.45) is 0 Å². The molecule has 5 nitrogen and oxygen atoms in total. The van der Waals surface area contributed by atoms with Crippen LogP contribution in [-0.4, -0.2) is 30.9 Å². The molecule has 0 spiro atoms. The molecule has 0 aliphatic heterocycles. The second-order valence-corrected chi connectivity index (χ2v) is 5.62. The second-order valence-electron chi connectivity index (χ2n) is 5.62. The van der Waals surface area contributed by atoms with Crippen molar-refractivity contribution in [3.63, 3.8) is 0 Å². The molecule has 24 heavy (non-hydrogen) atoms. The zero-order valence-corrected chi connectivity index (χ0v) is 14.2. The predicted molar refractivity (Wildman–Crippen MR) is 93.9 cm³/mol. The van der Waals surface area contributed by atoms with Crippen molar-refractivity contribution in [3.05, 3.63) is 59.7 Å². The van der Waals surface area contributed by atoms with E-state index in [1.807, 2.05) is 36.4 Å². The third kappa shape index (κ3) is 4.84. The van der Waals surface area contributed by atoms with Gasteiger partial charge in [-0.15, -0.1) is 0 Å². The Kier molecular flexibility index (Phi) is 5.95. The summed E-state index contributed by atoms with van der Waals surface area (Å²) in [6.07, 6.45) is 0.312. The molecule has 0 aromatic heterocycles. The monoisotopic (exact) mass is 326 g/mol. The summed E-state index contributed by atoms with van der Waals surface area (Å²) in [5.41, 5.74) is 2.60. The first-order chi connectivity index (χ1) is 11.5. The van der Waals surface area contributed by atoms with Crippen molar-refractivity contribution in [2.75, 3.05) is 19.5 Å². The fraction of sp³-hybridized carbons (Fsp3) is 0.263. The molecule has 0 radical (unpaired) electrons. The second kappa shape index (κ2) is 8.15. The van der Waals surface area contributed by atoms with Crippen LogP contribution in [0.25, 0.3) is 0 Å². The number of anilines is 1. The fourth-order valence-electron chi connectivity index (χ4n) is 2.40. The maximum Gasteiger partial charge on any atom is 0.227 e. The van der Waals surface area contributed by atoms with Crippen LogP contribution in [0.2, 0.25) is 0 Å². The zero-order valence-electron chi connectivity index (χ0n) is 14.2. The minimum atomic E-state index is -0.115. The third-order valence-corrected chi connectivity index (χ3v) is 3.66. The quantitative estimate of drug-likeness (QED) is 0.888. The van der Waals surface area contributed by atoms with Crippen LogP contribution >= 0.6 is 0 Å². The molecule has 0 heterocycles. The molecule has 0 fully saturated rings. The number of hydrogen-bond donors (Lipinski definition) is 1. The van der Waals surface area contributed by atoms with Crippen molar-refractivity contribution in [3.8, 4) is 5.75 Å². The number of para-hydroxylation sites is 1. The van der Waals surface area contributed by atoms with Crippen LogP contribution in [-0.2, 0) is 22.6 Å². The summed E-state index contributed by atoms with van der Waals surface area (Å²) in [7, 11) is 3.40. The molecule has 2 aromatic carbocycles. The summed E-state index contributed by atoms with van der Waals surface area (Å²) in [6.45, 7) is 1.96. The predicted octanol–water partition coefficient (Wildman–Crippen LogP) is 2.85. The van der Waals surface area contributed by atoms with E-state index in [4.69, 9.17) is 4.74 Å². The van der Waals surface area contributed by atoms with Gasteiger partial charge in [-0.25, -0.2) is 0 Å². The van der Waals surface area contributed by atoms with Gasteiger partial charge >= 0.3 is 0 Å². The number of nitrogens with zero attached hydrogens (tertiary/aromatic N) is 1. The van der Waals surface area contributed by atoms with Crippen molar-refractivity contribution in [1.29, 1.82) is 0 Å². The lowest BCUT2D eigenvalue weighted by Crippen LogP contribution is -2.27. The van der Waals surface area contributed by atoms with E-state index in [-0.39, 0.29) is 11.8 Å². The van der Waals surface area contributed by atoms with Gasteiger partial charge in [0.2, 0.25) is 11.8 Å². The molecule has 0 saturated heterocycles. The topological polar surface area (TPSA) is 58.6 Å². The molecule has 126 valence electrons. The number of amides is 2. The van der Waals surface area contributed by atoms with Crippen molar-refractivity contribution in [1.82, 2.24) is 4.90 Å². The summed E-state index contributed by atoms with van der Waals surface area (Å²) in [6, 6.07) is 15.0. The van der Waals surface area contributed by atoms with Gasteiger partial charge in [0.25, 0.3) is 0 Å². The van der Waals surface area contributed by atoms with E-state index in [2.05, 4.69) is 5.32 Å². The summed E-state index contributed by atoms with van der Waals surface area (Å²) in [4.78, 5) is 25.1. The lowest BCUT2D eigenvalue weighted by atomic mass is 10.1. The van der Waals surface area contributed by atoms with Crippen LogP contribution < -0.4 is 10.1 Å². The summed E-state index contributed by atoms with van der Waals surface area (Å²) in [5.74, 6) is 0.681. The van der Waals surface area contributed by atoms with E-state index in [0.29, 0.717) is 13.0 Å². The standard InChI is InChI=1S/C19H22N2O3/c1-14(22)20-17-10-8-15(9-11-17)12-19(23)21(2)13-16-6-4-5-7-18(16)24-3/h4-11H,12-13H2,1-3H3,(H,20,22). The van der Waals surface area contributed by atoms with Gasteiger partial charge in [-0.05, 0) is 23.8 Å². The van der Waals surface area contributed by atoms with E-state index in [9.17, 15) is 9.59 Å². The van der Waals surface area contributed by atoms with Crippen molar-refractivity contribution < 1.29 is 14.3 Å². The minimum absolute atomic E-state index is 0.0215. The Balaban J connectivity index is 1.97. The van der Waals surface area contributed by atoms with Crippen molar-refractivity contribution >= 4 is 17.5 Å². The van der Waals surface area contributed by atoms with Gasteiger partial charge in [-0.1, -0.05) is 30.3 Å². The van der Waals surface area contributed by atoms with Crippen LogP contribution in [0, 0.1) is 0 Å². The summed E-state index contributed by atoms with van der Waals surface area (Å²) < 4.78 is 5.32. The number of rotatable bonds is 6. The number of ether oxygens (including phenoxy) is 1. The molecular weight excluding hydrogens is 304 g/mol. The highest BCUT2D eigenvalue weighted by Gasteiger charge is 2.12. The van der Waals surface area contributed by atoms with Crippen LogP contribution in [0.3, 0.4) is 0 Å². The SMILES string of the molecule is COc1ccccc1CN(C)C(=O)Cc1ccc(NC(C)=O)cc1. The lowest BCUT2D eigenvalue weighted by molar-refractivity contribution is -0.129. The molecule has 0 bridgehead atoms. The van der Waals surface area contributed by atoms with Gasteiger partial charge in [0.05, 0.1) is 13.5 Å². The molecular formula is C19H22N2O3. The minimum Gasteiger partial charge on any atom is -0.496 e. The van der Waals surface area contributed by atoms with Crippen molar-refractivity contribution in [2.45, 2.75) is 19.9 Å². The van der Waals surface area contributed by atoms with Crippen LogP contribution in [0.4, 0.5) is 5.69 Å². The van der Waals surface area contributed by atoms with Gasteiger partial charge in [-0.3, -0.25) is 9.59 Å². The molecule has 1 N–H and O–H groups in total. The Morgan fingerprint density at radius 2 is 1.75 bits per heavy atom. The number of carbonyl (C=O) groups is 2. The number of hydrogen-bond acceptors (Lipinski definition) is 3. The Hall–Kier alpha value is -2.82. The highest BCUT2D eigenvalue weighted by Crippen LogP contribution is 2.19. The Morgan fingerprint density at radius 3 is 2.38 bits per heavy atom. The van der Waals surface area contributed by atoms with E-state index < -0.39 is 0 Å². The largest absolute Gasteiger partial charge is 0.496 e. The molecule has 5 heteroatoms. The lowest BCUT2D eigenvalue weighted by Gasteiger charge is -2.19. The molecule has 2 rings (SSSR count). The highest BCUT2D eigenvalue weighted by molar-refractivity contribution is 5.88. The molecule has 0 unspecified atom stereocenters. The summed E-state index contributed by atoms with van der Waals surface area (Å²) >= 11 is 0. The smallest absolute Gasteiger partial charge is 0.227 e. The Labute approximate surface area is 142 Å². The molecule has 0 aliphatic rings. The maximum atomic E-state index is 12.4. The average Bonchev–Trinajstić information content (AvgIpc) is 2.56. The normalized spacial score (nSPS) is 10.1. The molecule has 2 amide bonds. The van der Waals surface area contributed by atoms with E-state index >= 15 is 0 Å². The number of benzene rings is 2. The van der Waals surface area contributed by atoms with E-state index in [1.165, 1.54) is 6.92 Å². The van der Waals surface area contributed by atoms with Gasteiger partial charge in [0.1, 0.15) is 5.75 Å². The third-order valence-electron chi connectivity index (χ3n) is 3.66. The number of nitrogens with one attached hydrogen (secondary N) is 1. The zero-order chi connectivity index (χ0) is 17.5. The van der Waals surface area contributed by atoms with E-state index in [1.54, 1.807) is 31.2 Å². The molecule has 0 aliphatic carbocycles. The maximum absolute atomic E-state index is 12.4. The number of methoxy groups -OCH3 is 1. The van der Waals surface area contributed by atoms with Gasteiger partial charge < -0.3 is 15.0 Å². The summed E-state index contributed by atoms with van der Waals surface area (Å²) in [5, 5.41) is 2.71. The van der Waals surface area contributed by atoms with E-state index in [0.717, 1.165) is 22.6 Å². The average molecular weight is 326 g/mol.